The Morgan fingerprint density at radius 1 is 1.09 bits per heavy atom. The van der Waals surface area contributed by atoms with Gasteiger partial charge in [-0.2, -0.15) is 10.1 Å². The molecule has 0 aliphatic carbocycles. The van der Waals surface area contributed by atoms with Gasteiger partial charge in [-0.3, -0.25) is 0 Å². The third kappa shape index (κ3) is 2.04. The fourth-order valence-corrected chi connectivity index (χ4v) is 2.95. The van der Waals surface area contributed by atoms with E-state index in [2.05, 4.69) is 25.1 Å². The van der Waals surface area contributed by atoms with Crippen molar-refractivity contribution in [1.29, 1.82) is 0 Å². The van der Waals surface area contributed by atoms with Gasteiger partial charge in [-0.1, -0.05) is 11.6 Å². The molecule has 22 heavy (non-hydrogen) atoms. The maximum atomic E-state index is 6.06. The van der Waals surface area contributed by atoms with E-state index in [1.54, 1.807) is 9.20 Å². The lowest BCUT2D eigenvalue weighted by molar-refractivity contribution is 0.755. The van der Waals surface area contributed by atoms with Gasteiger partial charge >= 0.3 is 0 Å². The number of rotatable bonds is 2. The Labute approximate surface area is 132 Å². The lowest BCUT2D eigenvalue weighted by atomic mass is 10.3. The first-order valence-corrected chi connectivity index (χ1v) is 7.69. The summed E-state index contributed by atoms with van der Waals surface area (Å²) in [7, 11) is 1.89. The lowest BCUT2D eigenvalue weighted by Gasteiger charge is -2.10. The molecule has 0 N–H and O–H groups in total. The van der Waals surface area contributed by atoms with Crippen molar-refractivity contribution >= 4 is 23.2 Å². The molecule has 0 spiro atoms. The maximum absolute atomic E-state index is 6.06. The van der Waals surface area contributed by atoms with E-state index >= 15 is 0 Å². The van der Waals surface area contributed by atoms with E-state index in [-0.39, 0.29) is 0 Å². The van der Waals surface area contributed by atoms with Gasteiger partial charge in [0.2, 0.25) is 5.95 Å². The normalized spacial score (nSPS) is 15.1. The second-order valence-corrected chi connectivity index (χ2v) is 5.89. The van der Waals surface area contributed by atoms with Gasteiger partial charge in [0, 0.05) is 20.1 Å². The first-order chi connectivity index (χ1) is 10.6. The fourth-order valence-electron chi connectivity index (χ4n) is 2.78. The SMILES string of the molecule is Cc1c(Cl)nc2ccc(-c3nc(N4CCCC4)nn3C)nn12. The molecule has 0 atom stereocenters. The molecule has 0 aromatic carbocycles. The molecule has 3 aromatic rings. The molecule has 0 bridgehead atoms. The predicted octanol–water partition coefficient (Wildman–Crippen LogP) is 2.09. The van der Waals surface area contributed by atoms with Crippen LogP contribution in [0.25, 0.3) is 17.2 Å². The number of nitrogens with zero attached hydrogens (tertiary/aromatic N) is 7. The summed E-state index contributed by atoms with van der Waals surface area (Å²) in [6, 6.07) is 3.79. The van der Waals surface area contributed by atoms with Crippen molar-refractivity contribution in [1.82, 2.24) is 29.4 Å². The quantitative estimate of drug-likeness (QED) is 0.724. The fraction of sp³-hybridized carbons (Fsp3) is 0.429. The average Bonchev–Trinajstić information content (AvgIpc) is 3.20. The zero-order valence-corrected chi connectivity index (χ0v) is 13.2. The first kappa shape index (κ1) is 13.5. The molecule has 0 radical (unpaired) electrons. The zero-order valence-electron chi connectivity index (χ0n) is 12.5. The van der Waals surface area contributed by atoms with Crippen molar-refractivity contribution in [3.63, 3.8) is 0 Å². The number of fused-ring (bicyclic) bond motifs is 1. The van der Waals surface area contributed by atoms with Gasteiger partial charge < -0.3 is 4.90 Å². The van der Waals surface area contributed by atoms with Crippen molar-refractivity contribution in [2.75, 3.05) is 18.0 Å². The highest BCUT2D eigenvalue weighted by Gasteiger charge is 2.20. The molecule has 0 amide bonds. The molecule has 114 valence electrons. The van der Waals surface area contributed by atoms with Crippen molar-refractivity contribution < 1.29 is 0 Å². The standard InChI is InChI=1S/C14H16ClN7/c1-9-12(15)16-11-6-5-10(18-22(9)11)13-17-14(19-20(13)2)21-7-3-4-8-21/h5-6H,3-4,7-8H2,1-2H3. The minimum atomic E-state index is 0.473. The Balaban J connectivity index is 1.79. The Hall–Kier alpha value is -2.15. The van der Waals surface area contributed by atoms with Crippen molar-refractivity contribution in [3.05, 3.63) is 23.0 Å². The monoisotopic (exact) mass is 317 g/mol. The van der Waals surface area contributed by atoms with Crippen LogP contribution in [0, 0.1) is 6.92 Å². The third-order valence-electron chi connectivity index (χ3n) is 4.01. The Morgan fingerprint density at radius 3 is 2.64 bits per heavy atom. The molecule has 0 unspecified atom stereocenters. The summed E-state index contributed by atoms with van der Waals surface area (Å²) in [6.07, 6.45) is 2.40. The van der Waals surface area contributed by atoms with Crippen molar-refractivity contribution in [2.45, 2.75) is 19.8 Å². The number of aryl methyl sites for hydroxylation is 2. The van der Waals surface area contributed by atoms with Crippen LogP contribution in [-0.2, 0) is 7.05 Å². The van der Waals surface area contributed by atoms with E-state index < -0.39 is 0 Å². The highest BCUT2D eigenvalue weighted by atomic mass is 35.5. The largest absolute Gasteiger partial charge is 0.340 e. The van der Waals surface area contributed by atoms with Crippen LogP contribution in [0.1, 0.15) is 18.5 Å². The zero-order chi connectivity index (χ0) is 15.3. The van der Waals surface area contributed by atoms with Gasteiger partial charge in [-0.15, -0.1) is 5.10 Å². The molecule has 1 aliphatic rings. The van der Waals surface area contributed by atoms with Gasteiger partial charge in [-0.05, 0) is 31.9 Å². The number of aromatic nitrogens is 6. The predicted molar refractivity (Wildman–Crippen MR) is 84.2 cm³/mol. The molecule has 4 rings (SSSR count). The smallest absolute Gasteiger partial charge is 0.245 e. The maximum Gasteiger partial charge on any atom is 0.245 e. The Bertz CT molecular complexity index is 844. The first-order valence-electron chi connectivity index (χ1n) is 7.32. The number of hydrogen-bond donors (Lipinski definition) is 0. The molecule has 8 heteroatoms. The molecule has 1 fully saturated rings. The van der Waals surface area contributed by atoms with Gasteiger partial charge in [0.05, 0.1) is 5.69 Å². The minimum absolute atomic E-state index is 0.473. The van der Waals surface area contributed by atoms with Crippen molar-refractivity contribution in [3.8, 4) is 11.5 Å². The molecule has 0 saturated carbocycles. The van der Waals surface area contributed by atoms with Gasteiger partial charge in [0.1, 0.15) is 5.69 Å². The summed E-state index contributed by atoms with van der Waals surface area (Å²) < 4.78 is 3.51. The molecule has 1 aliphatic heterocycles. The molecule has 3 aromatic heterocycles. The van der Waals surface area contributed by atoms with Crippen LogP contribution in [-0.4, -0.2) is 42.5 Å². The number of hydrogen-bond acceptors (Lipinski definition) is 5. The van der Waals surface area contributed by atoms with Gasteiger partial charge in [-0.25, -0.2) is 14.2 Å². The third-order valence-corrected chi connectivity index (χ3v) is 4.37. The summed E-state index contributed by atoms with van der Waals surface area (Å²) in [5, 5.41) is 9.58. The van der Waals surface area contributed by atoms with Crippen LogP contribution in [0.3, 0.4) is 0 Å². The number of anilines is 1. The summed E-state index contributed by atoms with van der Waals surface area (Å²) in [6.45, 7) is 3.93. The topological polar surface area (TPSA) is 64.1 Å². The van der Waals surface area contributed by atoms with Crippen LogP contribution >= 0.6 is 11.6 Å². The summed E-state index contributed by atoms with van der Waals surface area (Å²) in [5.41, 5.74) is 2.30. The van der Waals surface area contributed by atoms with Crippen LogP contribution in [0.2, 0.25) is 5.15 Å². The van der Waals surface area contributed by atoms with E-state index in [0.29, 0.717) is 5.15 Å². The van der Waals surface area contributed by atoms with Gasteiger partial charge in [0.15, 0.2) is 16.6 Å². The summed E-state index contributed by atoms with van der Waals surface area (Å²) in [4.78, 5) is 11.1. The summed E-state index contributed by atoms with van der Waals surface area (Å²) >= 11 is 6.06. The van der Waals surface area contributed by atoms with Crippen LogP contribution in [0.15, 0.2) is 12.1 Å². The van der Waals surface area contributed by atoms with E-state index in [1.807, 2.05) is 26.1 Å². The molecular weight excluding hydrogens is 302 g/mol. The van der Waals surface area contributed by atoms with Gasteiger partial charge in [0.25, 0.3) is 0 Å². The van der Waals surface area contributed by atoms with E-state index in [1.165, 1.54) is 12.8 Å². The highest BCUT2D eigenvalue weighted by Crippen LogP contribution is 2.22. The second kappa shape index (κ2) is 4.95. The molecule has 4 heterocycles. The van der Waals surface area contributed by atoms with Crippen LogP contribution in [0.4, 0.5) is 5.95 Å². The average molecular weight is 318 g/mol. The van der Waals surface area contributed by atoms with Crippen LogP contribution < -0.4 is 4.90 Å². The number of imidazole rings is 1. The Morgan fingerprint density at radius 2 is 1.86 bits per heavy atom. The second-order valence-electron chi connectivity index (χ2n) is 5.53. The number of halogens is 1. The van der Waals surface area contributed by atoms with Crippen LogP contribution in [0.5, 0.6) is 0 Å². The van der Waals surface area contributed by atoms with E-state index in [9.17, 15) is 0 Å². The molecule has 7 nitrogen and oxygen atoms in total. The molecule has 1 saturated heterocycles. The lowest BCUT2D eigenvalue weighted by Crippen LogP contribution is -2.19. The van der Waals surface area contributed by atoms with E-state index in [4.69, 9.17) is 11.6 Å². The minimum Gasteiger partial charge on any atom is -0.340 e. The Kier molecular flexibility index (Phi) is 3.04. The van der Waals surface area contributed by atoms with Crippen molar-refractivity contribution in [2.24, 2.45) is 7.05 Å². The highest BCUT2D eigenvalue weighted by molar-refractivity contribution is 6.30. The molecular formula is C14H16ClN7. The summed E-state index contributed by atoms with van der Waals surface area (Å²) in [5.74, 6) is 1.52. The van der Waals surface area contributed by atoms with E-state index in [0.717, 1.165) is 41.9 Å².